The number of halogens is 1. The van der Waals surface area contributed by atoms with Gasteiger partial charge in [0.1, 0.15) is 0 Å². The Morgan fingerprint density at radius 2 is 1.72 bits per heavy atom. The van der Waals surface area contributed by atoms with Gasteiger partial charge in [-0.2, -0.15) is 0 Å². The summed E-state index contributed by atoms with van der Waals surface area (Å²) >= 11 is 0. The average Bonchev–Trinajstić information content (AvgIpc) is 3.33. The van der Waals surface area contributed by atoms with Crippen molar-refractivity contribution in [3.8, 4) is 0 Å². The molecule has 0 aromatic heterocycles. The minimum absolute atomic E-state index is 0. The highest BCUT2D eigenvalue weighted by molar-refractivity contribution is 14.0. The lowest BCUT2D eigenvalue weighted by atomic mass is 9.84. The predicted molar refractivity (Wildman–Crippen MR) is 143 cm³/mol. The SMILES string of the molecule is CN=C(NCC1(N2CCCCC2)CCN(C)CC1)NC1CCN(CC2CCOC2)CC1.I. The van der Waals surface area contributed by atoms with Crippen LogP contribution in [0.3, 0.4) is 0 Å². The molecule has 0 saturated carbocycles. The van der Waals surface area contributed by atoms with Crippen LogP contribution in [0, 0.1) is 5.92 Å². The maximum Gasteiger partial charge on any atom is 0.191 e. The van der Waals surface area contributed by atoms with Gasteiger partial charge in [0.2, 0.25) is 0 Å². The van der Waals surface area contributed by atoms with E-state index >= 15 is 0 Å². The van der Waals surface area contributed by atoms with Gasteiger partial charge in [0, 0.05) is 51.4 Å². The zero-order valence-electron chi connectivity index (χ0n) is 20.5. The molecule has 0 aliphatic carbocycles. The molecule has 186 valence electrons. The molecule has 4 saturated heterocycles. The number of ether oxygens (including phenoxy) is 1. The van der Waals surface area contributed by atoms with Crippen molar-refractivity contribution >= 4 is 29.9 Å². The Hall–Kier alpha value is -0.160. The van der Waals surface area contributed by atoms with Gasteiger partial charge in [-0.05, 0) is 84.1 Å². The van der Waals surface area contributed by atoms with Crippen LogP contribution >= 0.6 is 24.0 Å². The molecule has 8 heteroatoms. The summed E-state index contributed by atoms with van der Waals surface area (Å²) < 4.78 is 5.55. The Morgan fingerprint density at radius 1 is 1.00 bits per heavy atom. The third-order valence-corrected chi connectivity index (χ3v) is 8.22. The van der Waals surface area contributed by atoms with E-state index in [1.165, 1.54) is 97.2 Å². The van der Waals surface area contributed by atoms with Crippen LogP contribution in [0.1, 0.15) is 51.4 Å². The number of piperidine rings is 3. The molecular weight excluding hydrogens is 515 g/mol. The summed E-state index contributed by atoms with van der Waals surface area (Å²) in [6, 6.07) is 0.533. The first-order valence-electron chi connectivity index (χ1n) is 12.9. The minimum Gasteiger partial charge on any atom is -0.381 e. The maximum atomic E-state index is 5.55. The van der Waals surface area contributed by atoms with Crippen LogP contribution in [0.25, 0.3) is 0 Å². The zero-order valence-corrected chi connectivity index (χ0v) is 22.8. The van der Waals surface area contributed by atoms with Gasteiger partial charge in [-0.3, -0.25) is 9.89 Å². The lowest BCUT2D eigenvalue weighted by Crippen LogP contribution is -2.62. The smallest absolute Gasteiger partial charge is 0.191 e. The number of nitrogens with one attached hydrogen (secondary N) is 2. The number of guanidine groups is 1. The van der Waals surface area contributed by atoms with Crippen LogP contribution in [0.4, 0.5) is 0 Å². The topological polar surface area (TPSA) is 55.4 Å². The standard InChI is InChI=1S/C24H46N6O.HI/c1-25-23(27-22-6-13-29(14-7-22)18-21-8-17-31-19-21)26-20-24(9-15-28(2)16-10-24)30-11-4-3-5-12-30;/h21-22H,3-20H2,1-2H3,(H2,25,26,27);1H. The summed E-state index contributed by atoms with van der Waals surface area (Å²) in [5.74, 6) is 1.75. The molecular formula is C24H47IN6O. The summed E-state index contributed by atoms with van der Waals surface area (Å²) in [4.78, 5) is 12.5. The second-order valence-corrected chi connectivity index (χ2v) is 10.4. The van der Waals surface area contributed by atoms with Crippen molar-refractivity contribution in [2.75, 3.05) is 79.7 Å². The van der Waals surface area contributed by atoms with Gasteiger partial charge >= 0.3 is 0 Å². The Labute approximate surface area is 213 Å². The quantitative estimate of drug-likeness (QED) is 0.294. The lowest BCUT2D eigenvalue weighted by molar-refractivity contribution is 0.0172. The first-order valence-corrected chi connectivity index (χ1v) is 12.9. The molecule has 0 radical (unpaired) electrons. The zero-order chi connectivity index (χ0) is 21.5. The number of aliphatic imine (C=N–C) groups is 1. The molecule has 0 aromatic rings. The van der Waals surface area contributed by atoms with Crippen LogP contribution in [-0.2, 0) is 4.74 Å². The molecule has 32 heavy (non-hydrogen) atoms. The van der Waals surface area contributed by atoms with E-state index in [-0.39, 0.29) is 29.5 Å². The van der Waals surface area contributed by atoms with E-state index < -0.39 is 0 Å². The van der Waals surface area contributed by atoms with Crippen molar-refractivity contribution in [1.82, 2.24) is 25.3 Å². The van der Waals surface area contributed by atoms with E-state index in [2.05, 4.69) is 37.4 Å². The Morgan fingerprint density at radius 3 is 2.34 bits per heavy atom. The van der Waals surface area contributed by atoms with Crippen molar-refractivity contribution < 1.29 is 4.74 Å². The highest BCUT2D eigenvalue weighted by Crippen LogP contribution is 2.31. The monoisotopic (exact) mass is 562 g/mol. The third kappa shape index (κ3) is 7.17. The molecule has 0 aromatic carbocycles. The van der Waals surface area contributed by atoms with E-state index in [4.69, 9.17) is 4.74 Å². The molecule has 4 aliphatic heterocycles. The van der Waals surface area contributed by atoms with Crippen LogP contribution in [0.15, 0.2) is 4.99 Å². The predicted octanol–water partition coefficient (Wildman–Crippen LogP) is 2.22. The minimum atomic E-state index is 0. The molecule has 4 rings (SSSR count). The normalized spacial score (nSPS) is 28.9. The van der Waals surface area contributed by atoms with Crippen molar-refractivity contribution in [1.29, 1.82) is 0 Å². The van der Waals surface area contributed by atoms with Gasteiger partial charge in [-0.25, -0.2) is 0 Å². The molecule has 0 amide bonds. The number of likely N-dealkylation sites (tertiary alicyclic amines) is 3. The highest BCUT2D eigenvalue weighted by Gasteiger charge is 2.39. The number of hydrogen-bond acceptors (Lipinski definition) is 5. The van der Waals surface area contributed by atoms with Gasteiger partial charge in [0.05, 0.1) is 6.61 Å². The van der Waals surface area contributed by atoms with Gasteiger partial charge in [-0.15, -0.1) is 24.0 Å². The third-order valence-electron chi connectivity index (χ3n) is 8.22. The Balaban J connectivity index is 0.00000289. The number of rotatable bonds is 6. The van der Waals surface area contributed by atoms with Crippen molar-refractivity contribution in [2.24, 2.45) is 10.9 Å². The molecule has 4 aliphatic rings. The Kier molecular flexibility index (Phi) is 10.8. The second kappa shape index (κ2) is 13.1. The van der Waals surface area contributed by atoms with Gasteiger partial charge in [0.25, 0.3) is 0 Å². The van der Waals surface area contributed by atoms with E-state index in [1.54, 1.807) is 0 Å². The van der Waals surface area contributed by atoms with Crippen molar-refractivity contribution in [3.05, 3.63) is 0 Å². The number of hydrogen-bond donors (Lipinski definition) is 2. The van der Waals surface area contributed by atoms with Crippen LogP contribution in [0.5, 0.6) is 0 Å². The fraction of sp³-hybridized carbons (Fsp3) is 0.958. The summed E-state index contributed by atoms with van der Waals surface area (Å²) in [6.07, 6.45) is 10.3. The second-order valence-electron chi connectivity index (χ2n) is 10.4. The summed E-state index contributed by atoms with van der Waals surface area (Å²) in [5.41, 5.74) is 0.289. The first kappa shape index (κ1) is 26.4. The van der Waals surface area contributed by atoms with Gasteiger partial charge in [0.15, 0.2) is 5.96 Å². The molecule has 0 bridgehead atoms. The molecule has 1 atom stereocenters. The molecule has 0 spiro atoms. The first-order chi connectivity index (χ1) is 15.2. The summed E-state index contributed by atoms with van der Waals surface area (Å²) in [6.45, 7) is 11.5. The molecule has 1 unspecified atom stereocenters. The fourth-order valence-corrected chi connectivity index (χ4v) is 6.00. The van der Waals surface area contributed by atoms with Crippen LogP contribution in [0.2, 0.25) is 0 Å². The molecule has 2 N–H and O–H groups in total. The average molecular weight is 563 g/mol. The Bertz CT molecular complexity index is 563. The largest absolute Gasteiger partial charge is 0.381 e. The molecule has 7 nitrogen and oxygen atoms in total. The fourth-order valence-electron chi connectivity index (χ4n) is 6.00. The summed E-state index contributed by atoms with van der Waals surface area (Å²) in [7, 11) is 4.19. The van der Waals surface area contributed by atoms with Crippen molar-refractivity contribution in [2.45, 2.75) is 62.9 Å². The van der Waals surface area contributed by atoms with Crippen LogP contribution in [-0.4, -0.2) is 112 Å². The number of nitrogens with zero attached hydrogens (tertiary/aromatic N) is 4. The highest BCUT2D eigenvalue weighted by atomic mass is 127. The molecule has 4 heterocycles. The van der Waals surface area contributed by atoms with Gasteiger partial charge < -0.3 is 25.2 Å². The lowest BCUT2D eigenvalue weighted by Gasteiger charge is -2.50. The van der Waals surface area contributed by atoms with E-state index in [0.29, 0.717) is 6.04 Å². The van der Waals surface area contributed by atoms with E-state index in [9.17, 15) is 0 Å². The summed E-state index contributed by atoms with van der Waals surface area (Å²) in [5, 5.41) is 7.50. The van der Waals surface area contributed by atoms with E-state index in [1.807, 2.05) is 7.05 Å². The molecule has 4 fully saturated rings. The van der Waals surface area contributed by atoms with Crippen LogP contribution < -0.4 is 10.6 Å². The van der Waals surface area contributed by atoms with E-state index in [0.717, 1.165) is 31.6 Å². The van der Waals surface area contributed by atoms with Gasteiger partial charge in [-0.1, -0.05) is 6.42 Å². The van der Waals surface area contributed by atoms with Crippen molar-refractivity contribution in [3.63, 3.8) is 0 Å². The maximum absolute atomic E-state index is 5.55.